The van der Waals surface area contributed by atoms with Crippen molar-refractivity contribution < 1.29 is 14.0 Å². The standard InChI is InChI=1S/C24H29FN2O2/c1-16(2)17-11-13-21(14-12-17)27-24(29)19-9-7-18(8-10-19)23(28)26-15-20-5-3-4-6-22(20)25/h3-6,11-14,16,18-19H,7-10,15H2,1-2H3,(H,26,28)(H,27,29). The van der Waals surface area contributed by atoms with Gasteiger partial charge in [-0.25, -0.2) is 4.39 Å². The molecule has 1 fully saturated rings. The molecule has 1 aliphatic carbocycles. The van der Waals surface area contributed by atoms with Gasteiger partial charge in [0.2, 0.25) is 11.8 Å². The Labute approximate surface area is 171 Å². The molecule has 0 aliphatic heterocycles. The van der Waals surface area contributed by atoms with Crippen molar-refractivity contribution >= 4 is 17.5 Å². The number of halogens is 1. The Balaban J connectivity index is 1.45. The van der Waals surface area contributed by atoms with Gasteiger partial charge in [-0.05, 0) is 55.4 Å². The lowest BCUT2D eigenvalue weighted by atomic mass is 9.81. The van der Waals surface area contributed by atoms with E-state index in [-0.39, 0.29) is 36.0 Å². The third-order valence-electron chi connectivity index (χ3n) is 5.72. The van der Waals surface area contributed by atoms with E-state index in [2.05, 4.69) is 24.5 Å². The van der Waals surface area contributed by atoms with Crippen LogP contribution in [0.25, 0.3) is 0 Å². The number of hydrogen-bond acceptors (Lipinski definition) is 2. The largest absolute Gasteiger partial charge is 0.352 e. The predicted molar refractivity (Wildman–Crippen MR) is 113 cm³/mol. The van der Waals surface area contributed by atoms with Crippen LogP contribution in [0.15, 0.2) is 48.5 Å². The van der Waals surface area contributed by atoms with Gasteiger partial charge in [-0.1, -0.05) is 44.2 Å². The highest BCUT2D eigenvalue weighted by Crippen LogP contribution is 2.30. The van der Waals surface area contributed by atoms with E-state index in [1.165, 1.54) is 11.6 Å². The van der Waals surface area contributed by atoms with Gasteiger partial charge >= 0.3 is 0 Å². The van der Waals surface area contributed by atoms with E-state index in [0.717, 1.165) is 5.69 Å². The summed E-state index contributed by atoms with van der Waals surface area (Å²) in [4.78, 5) is 25.0. The zero-order valence-electron chi connectivity index (χ0n) is 17.1. The van der Waals surface area contributed by atoms with Crippen molar-refractivity contribution in [2.45, 2.75) is 52.0 Å². The Morgan fingerprint density at radius 1 is 0.931 bits per heavy atom. The molecule has 0 aromatic heterocycles. The maximum absolute atomic E-state index is 13.7. The Hall–Kier alpha value is -2.69. The van der Waals surface area contributed by atoms with Crippen LogP contribution in [0.4, 0.5) is 10.1 Å². The number of hydrogen-bond donors (Lipinski definition) is 2. The van der Waals surface area contributed by atoms with Crippen molar-refractivity contribution in [2.75, 3.05) is 5.32 Å². The minimum atomic E-state index is -0.311. The summed E-state index contributed by atoms with van der Waals surface area (Å²) in [5.41, 5.74) is 2.53. The third kappa shape index (κ3) is 5.66. The molecule has 2 N–H and O–H groups in total. The molecule has 1 aliphatic rings. The van der Waals surface area contributed by atoms with Gasteiger partial charge in [0.25, 0.3) is 0 Å². The van der Waals surface area contributed by atoms with Gasteiger partial charge in [-0.3, -0.25) is 9.59 Å². The molecule has 3 rings (SSSR count). The number of benzene rings is 2. The minimum Gasteiger partial charge on any atom is -0.352 e. The summed E-state index contributed by atoms with van der Waals surface area (Å²) < 4.78 is 13.7. The number of amides is 2. The second-order valence-electron chi connectivity index (χ2n) is 8.12. The molecule has 2 aromatic rings. The molecule has 0 atom stereocenters. The quantitative estimate of drug-likeness (QED) is 0.721. The summed E-state index contributed by atoms with van der Waals surface area (Å²) >= 11 is 0. The fourth-order valence-corrected chi connectivity index (χ4v) is 3.78. The molecular formula is C24H29FN2O2. The first kappa shape index (κ1) is 21.0. The van der Waals surface area contributed by atoms with Crippen molar-refractivity contribution in [3.05, 3.63) is 65.5 Å². The SMILES string of the molecule is CC(C)c1ccc(NC(=O)C2CCC(C(=O)NCc3ccccc3F)CC2)cc1. The van der Waals surface area contributed by atoms with Gasteiger partial charge in [0.05, 0.1) is 0 Å². The second kappa shape index (κ2) is 9.68. The zero-order valence-corrected chi connectivity index (χ0v) is 17.1. The van der Waals surface area contributed by atoms with Crippen molar-refractivity contribution in [2.24, 2.45) is 11.8 Å². The van der Waals surface area contributed by atoms with Crippen LogP contribution in [0.2, 0.25) is 0 Å². The molecule has 0 saturated heterocycles. The van der Waals surface area contributed by atoms with Crippen molar-refractivity contribution in [3.8, 4) is 0 Å². The molecule has 0 unspecified atom stereocenters. The molecule has 0 radical (unpaired) electrons. The van der Waals surface area contributed by atoms with Crippen LogP contribution < -0.4 is 10.6 Å². The van der Waals surface area contributed by atoms with E-state index in [1.54, 1.807) is 18.2 Å². The summed E-state index contributed by atoms with van der Waals surface area (Å²) in [6.07, 6.45) is 2.72. The number of carbonyl (C=O) groups excluding carboxylic acids is 2. The smallest absolute Gasteiger partial charge is 0.227 e. The molecule has 0 heterocycles. The van der Waals surface area contributed by atoms with E-state index in [1.807, 2.05) is 24.3 Å². The molecule has 2 aromatic carbocycles. The van der Waals surface area contributed by atoms with Crippen molar-refractivity contribution in [3.63, 3.8) is 0 Å². The lowest BCUT2D eigenvalue weighted by molar-refractivity contribution is -0.128. The second-order valence-corrected chi connectivity index (χ2v) is 8.12. The van der Waals surface area contributed by atoms with Gasteiger partial charge in [0.1, 0.15) is 5.82 Å². The Morgan fingerprint density at radius 3 is 2.10 bits per heavy atom. The molecule has 2 amide bonds. The Bertz CT molecular complexity index is 840. The van der Waals surface area contributed by atoms with Crippen molar-refractivity contribution in [1.82, 2.24) is 5.32 Å². The highest BCUT2D eigenvalue weighted by atomic mass is 19.1. The molecule has 154 valence electrons. The number of nitrogens with one attached hydrogen (secondary N) is 2. The van der Waals surface area contributed by atoms with E-state index in [0.29, 0.717) is 37.2 Å². The average Bonchev–Trinajstić information content (AvgIpc) is 2.73. The fourth-order valence-electron chi connectivity index (χ4n) is 3.78. The van der Waals surface area contributed by atoms with Gasteiger partial charge < -0.3 is 10.6 Å². The zero-order chi connectivity index (χ0) is 20.8. The predicted octanol–water partition coefficient (Wildman–Crippen LogP) is 5.01. The van der Waals surface area contributed by atoms with Gasteiger partial charge in [-0.15, -0.1) is 0 Å². The molecule has 1 saturated carbocycles. The van der Waals surface area contributed by atoms with Crippen LogP contribution in [0, 0.1) is 17.7 Å². The first-order chi connectivity index (χ1) is 13.9. The summed E-state index contributed by atoms with van der Waals surface area (Å²) in [7, 11) is 0. The number of rotatable bonds is 6. The third-order valence-corrected chi connectivity index (χ3v) is 5.72. The Kier molecular flexibility index (Phi) is 7.02. The highest BCUT2D eigenvalue weighted by Gasteiger charge is 2.30. The van der Waals surface area contributed by atoms with E-state index < -0.39 is 0 Å². The first-order valence-electron chi connectivity index (χ1n) is 10.4. The van der Waals surface area contributed by atoms with Gasteiger partial charge in [-0.2, -0.15) is 0 Å². The molecule has 29 heavy (non-hydrogen) atoms. The molecular weight excluding hydrogens is 367 g/mol. The van der Waals surface area contributed by atoms with E-state index in [4.69, 9.17) is 0 Å². The van der Waals surface area contributed by atoms with Gasteiger partial charge in [0, 0.05) is 29.6 Å². The summed E-state index contributed by atoms with van der Waals surface area (Å²) in [6.45, 7) is 4.47. The lowest BCUT2D eigenvalue weighted by Gasteiger charge is -2.27. The van der Waals surface area contributed by atoms with E-state index >= 15 is 0 Å². The summed E-state index contributed by atoms with van der Waals surface area (Å²) in [6, 6.07) is 14.4. The summed E-state index contributed by atoms with van der Waals surface area (Å²) in [5.74, 6) is -0.0791. The monoisotopic (exact) mass is 396 g/mol. The van der Waals surface area contributed by atoms with Crippen LogP contribution in [-0.2, 0) is 16.1 Å². The molecule has 4 nitrogen and oxygen atoms in total. The van der Waals surface area contributed by atoms with Crippen LogP contribution >= 0.6 is 0 Å². The number of anilines is 1. The molecule has 5 heteroatoms. The van der Waals surface area contributed by atoms with Crippen LogP contribution in [0.1, 0.15) is 56.6 Å². The topological polar surface area (TPSA) is 58.2 Å². The van der Waals surface area contributed by atoms with Gasteiger partial charge in [0.15, 0.2) is 0 Å². The first-order valence-corrected chi connectivity index (χ1v) is 10.4. The molecule has 0 spiro atoms. The van der Waals surface area contributed by atoms with Crippen molar-refractivity contribution in [1.29, 1.82) is 0 Å². The minimum absolute atomic E-state index is 0.0208. The molecule has 0 bridgehead atoms. The normalized spacial score (nSPS) is 19.0. The fraction of sp³-hybridized carbons (Fsp3) is 0.417. The summed E-state index contributed by atoms with van der Waals surface area (Å²) in [5, 5.41) is 5.82. The highest BCUT2D eigenvalue weighted by molar-refractivity contribution is 5.92. The lowest BCUT2D eigenvalue weighted by Crippen LogP contribution is -2.35. The van der Waals surface area contributed by atoms with E-state index in [9.17, 15) is 14.0 Å². The van der Waals surface area contributed by atoms with Crippen LogP contribution in [0.3, 0.4) is 0 Å². The van der Waals surface area contributed by atoms with Crippen LogP contribution in [0.5, 0.6) is 0 Å². The average molecular weight is 397 g/mol. The Morgan fingerprint density at radius 2 is 1.52 bits per heavy atom. The maximum Gasteiger partial charge on any atom is 0.227 e. The maximum atomic E-state index is 13.7. The van der Waals surface area contributed by atoms with Crippen LogP contribution in [-0.4, -0.2) is 11.8 Å². The number of carbonyl (C=O) groups is 2.